The van der Waals surface area contributed by atoms with Crippen LogP contribution >= 0.6 is 11.3 Å². The third-order valence-electron chi connectivity index (χ3n) is 5.37. The van der Waals surface area contributed by atoms with Gasteiger partial charge in [0.25, 0.3) is 5.91 Å². The van der Waals surface area contributed by atoms with Crippen molar-refractivity contribution >= 4 is 23.2 Å². The van der Waals surface area contributed by atoms with Crippen LogP contribution in [0.3, 0.4) is 0 Å². The van der Waals surface area contributed by atoms with Gasteiger partial charge in [0.2, 0.25) is 0 Å². The van der Waals surface area contributed by atoms with Crippen LogP contribution in [0.4, 0.5) is 13.2 Å². The number of likely N-dealkylation sites (tertiary alicyclic amines) is 1. The van der Waals surface area contributed by atoms with E-state index in [2.05, 4.69) is 15.3 Å². The standard InChI is InChI=1S/C16H23N3O3S.C2HF3O2/c1-12-10-23-14(17-12)9-18-6-3-13-16(11-18,4-8-21-13)15(20)19-5-2-7-22-19;3-2(4,5)1(6)7/h10,13H,2-9,11H2,1H3;(H,6,7)/t13-,16-;/m1./s1. The Balaban J connectivity index is 0.000000318. The van der Waals surface area contributed by atoms with E-state index in [1.165, 1.54) is 0 Å². The molecule has 0 bridgehead atoms. The van der Waals surface area contributed by atoms with Crippen LogP contribution in [0, 0.1) is 12.3 Å². The quantitative estimate of drug-likeness (QED) is 0.754. The topological polar surface area (TPSA) is 92.2 Å². The number of rotatable bonds is 3. The van der Waals surface area contributed by atoms with Gasteiger partial charge in [0, 0.05) is 30.8 Å². The summed E-state index contributed by atoms with van der Waals surface area (Å²) in [5.41, 5.74) is 0.634. The maximum Gasteiger partial charge on any atom is 0.490 e. The SMILES string of the molecule is Cc1csc(CN2CC[C@H]3OCC[C@@]3(C(=O)N3CCCO3)C2)n1.O=C(O)C(F)(F)F. The third-order valence-corrected chi connectivity index (χ3v) is 6.32. The predicted octanol–water partition coefficient (Wildman–Crippen LogP) is 2.23. The Morgan fingerprint density at radius 2 is 2.10 bits per heavy atom. The highest BCUT2D eigenvalue weighted by molar-refractivity contribution is 7.09. The van der Waals surface area contributed by atoms with Crippen LogP contribution in [0.1, 0.15) is 30.0 Å². The van der Waals surface area contributed by atoms with Crippen molar-refractivity contribution in [2.75, 3.05) is 32.8 Å². The highest BCUT2D eigenvalue weighted by atomic mass is 32.1. The summed E-state index contributed by atoms with van der Waals surface area (Å²) in [4.78, 5) is 34.4. The number of aromatic nitrogens is 1. The van der Waals surface area contributed by atoms with Gasteiger partial charge < -0.3 is 9.84 Å². The van der Waals surface area contributed by atoms with Crippen LogP contribution in [0.5, 0.6) is 0 Å². The minimum atomic E-state index is -5.08. The van der Waals surface area contributed by atoms with E-state index in [0.717, 1.165) is 49.6 Å². The van der Waals surface area contributed by atoms with Gasteiger partial charge in [-0.2, -0.15) is 13.2 Å². The number of hydrogen-bond donors (Lipinski definition) is 1. The van der Waals surface area contributed by atoms with Crippen LogP contribution < -0.4 is 0 Å². The molecule has 0 unspecified atom stereocenters. The number of piperidine rings is 1. The fraction of sp³-hybridized carbons (Fsp3) is 0.722. The Hall–Kier alpha value is -1.76. The van der Waals surface area contributed by atoms with E-state index >= 15 is 0 Å². The molecule has 4 rings (SSSR count). The van der Waals surface area contributed by atoms with E-state index in [1.54, 1.807) is 16.4 Å². The number of carboxylic acids is 1. The molecular formula is C18H24F3N3O5S. The smallest absolute Gasteiger partial charge is 0.475 e. The number of thiazole rings is 1. The maximum absolute atomic E-state index is 13.1. The molecule has 1 amide bonds. The van der Waals surface area contributed by atoms with Gasteiger partial charge in [-0.25, -0.2) is 14.8 Å². The minimum absolute atomic E-state index is 0.0356. The molecule has 1 N–H and O–H groups in total. The van der Waals surface area contributed by atoms with Gasteiger partial charge in [0.15, 0.2) is 0 Å². The average Bonchev–Trinajstić information content (AvgIpc) is 3.41. The summed E-state index contributed by atoms with van der Waals surface area (Å²) in [5, 5.41) is 11.9. The van der Waals surface area contributed by atoms with E-state index in [-0.39, 0.29) is 12.0 Å². The van der Waals surface area contributed by atoms with Crippen LogP contribution in [0.2, 0.25) is 0 Å². The maximum atomic E-state index is 13.1. The molecule has 3 aliphatic heterocycles. The Labute approximate surface area is 175 Å². The van der Waals surface area contributed by atoms with E-state index in [1.807, 2.05) is 6.92 Å². The first-order chi connectivity index (χ1) is 14.1. The molecule has 12 heteroatoms. The third kappa shape index (κ3) is 5.10. The van der Waals surface area contributed by atoms with Gasteiger partial charge in [-0.15, -0.1) is 11.3 Å². The van der Waals surface area contributed by atoms with Crippen molar-refractivity contribution in [1.29, 1.82) is 0 Å². The molecule has 0 spiro atoms. The molecule has 3 saturated heterocycles. The average molecular weight is 451 g/mol. The zero-order valence-electron chi connectivity index (χ0n) is 16.5. The van der Waals surface area contributed by atoms with E-state index in [4.69, 9.17) is 19.5 Å². The monoisotopic (exact) mass is 451 g/mol. The summed E-state index contributed by atoms with van der Waals surface area (Å²) < 4.78 is 37.6. The van der Waals surface area contributed by atoms with Crippen molar-refractivity contribution in [1.82, 2.24) is 14.9 Å². The van der Waals surface area contributed by atoms with Gasteiger partial charge in [0.1, 0.15) is 5.01 Å². The number of amides is 1. The Bertz CT molecular complexity index is 768. The van der Waals surface area contributed by atoms with Crippen LogP contribution in [-0.4, -0.2) is 77.1 Å². The number of aryl methyl sites for hydroxylation is 1. The molecule has 30 heavy (non-hydrogen) atoms. The summed E-state index contributed by atoms with van der Waals surface area (Å²) in [6, 6.07) is 0. The Morgan fingerprint density at radius 1 is 1.37 bits per heavy atom. The largest absolute Gasteiger partial charge is 0.490 e. The van der Waals surface area contributed by atoms with Gasteiger partial charge >= 0.3 is 12.1 Å². The summed E-state index contributed by atoms with van der Waals surface area (Å²) >= 11 is 1.70. The fourth-order valence-corrected chi connectivity index (χ4v) is 4.81. The predicted molar refractivity (Wildman–Crippen MR) is 99.5 cm³/mol. The molecule has 2 atom stereocenters. The van der Waals surface area contributed by atoms with Crippen molar-refractivity contribution in [3.05, 3.63) is 16.1 Å². The van der Waals surface area contributed by atoms with E-state index < -0.39 is 17.6 Å². The number of carbonyl (C=O) groups excluding carboxylic acids is 1. The molecule has 3 aliphatic rings. The molecular weight excluding hydrogens is 427 g/mol. The molecule has 3 fully saturated rings. The highest BCUT2D eigenvalue weighted by Crippen LogP contribution is 2.43. The van der Waals surface area contributed by atoms with Crippen molar-refractivity contribution in [3.8, 4) is 0 Å². The zero-order chi connectivity index (χ0) is 21.9. The number of ether oxygens (including phenoxy) is 1. The number of alkyl halides is 3. The lowest BCUT2D eigenvalue weighted by atomic mass is 9.75. The molecule has 1 aromatic rings. The second kappa shape index (κ2) is 9.16. The number of hydrogen-bond acceptors (Lipinski definition) is 7. The number of halogens is 3. The van der Waals surface area contributed by atoms with Gasteiger partial charge in [0.05, 0.1) is 31.2 Å². The number of aliphatic carboxylic acids is 1. The first-order valence-corrected chi connectivity index (χ1v) is 10.5. The lowest BCUT2D eigenvalue weighted by Crippen LogP contribution is -2.57. The second-order valence-corrected chi connectivity index (χ2v) is 8.49. The first-order valence-electron chi connectivity index (χ1n) is 9.62. The second-order valence-electron chi connectivity index (χ2n) is 7.54. The van der Waals surface area contributed by atoms with Crippen LogP contribution in [0.15, 0.2) is 5.38 Å². The first kappa shape index (κ1) is 22.9. The highest BCUT2D eigenvalue weighted by Gasteiger charge is 2.55. The molecule has 1 aromatic heterocycles. The van der Waals surface area contributed by atoms with Crippen molar-refractivity contribution in [2.24, 2.45) is 5.41 Å². The van der Waals surface area contributed by atoms with Crippen molar-refractivity contribution < 1.29 is 37.4 Å². The summed E-state index contributed by atoms with van der Waals surface area (Å²) in [5.74, 6) is -2.63. The number of fused-ring (bicyclic) bond motifs is 1. The van der Waals surface area contributed by atoms with Gasteiger partial charge in [-0.1, -0.05) is 0 Å². The lowest BCUT2D eigenvalue weighted by Gasteiger charge is -2.43. The van der Waals surface area contributed by atoms with Gasteiger partial charge in [-0.3, -0.25) is 14.5 Å². The minimum Gasteiger partial charge on any atom is -0.475 e. The molecule has 168 valence electrons. The van der Waals surface area contributed by atoms with Gasteiger partial charge in [-0.05, 0) is 26.2 Å². The summed E-state index contributed by atoms with van der Waals surface area (Å²) in [6.07, 6.45) is -2.42. The molecule has 0 radical (unpaired) electrons. The molecule has 0 saturated carbocycles. The van der Waals surface area contributed by atoms with Crippen LogP contribution in [0.25, 0.3) is 0 Å². The van der Waals surface area contributed by atoms with E-state index in [9.17, 15) is 18.0 Å². The van der Waals surface area contributed by atoms with Crippen molar-refractivity contribution in [3.63, 3.8) is 0 Å². The van der Waals surface area contributed by atoms with Crippen molar-refractivity contribution in [2.45, 2.75) is 45.0 Å². The Kier molecular flexibility index (Phi) is 7.00. The fourth-order valence-electron chi connectivity index (χ4n) is 3.99. The number of nitrogens with zero attached hydrogens (tertiary/aromatic N) is 3. The lowest BCUT2D eigenvalue weighted by molar-refractivity contribution is -0.192. The summed E-state index contributed by atoms with van der Waals surface area (Å²) in [7, 11) is 0. The number of carboxylic acid groups (broad SMARTS) is 1. The molecule has 8 nitrogen and oxygen atoms in total. The molecule has 4 heterocycles. The zero-order valence-corrected chi connectivity index (χ0v) is 17.3. The van der Waals surface area contributed by atoms with Crippen LogP contribution in [-0.2, 0) is 25.7 Å². The number of hydroxylamine groups is 2. The molecule has 0 aromatic carbocycles. The van der Waals surface area contributed by atoms with E-state index in [0.29, 0.717) is 19.8 Å². The Morgan fingerprint density at radius 3 is 2.67 bits per heavy atom. The normalized spacial score (nSPS) is 26.8. The molecule has 0 aliphatic carbocycles. The number of carbonyl (C=O) groups is 2. The summed E-state index contributed by atoms with van der Waals surface area (Å²) in [6.45, 7) is 6.57.